The van der Waals surface area contributed by atoms with E-state index in [1.807, 2.05) is 36.4 Å². The molecule has 0 aliphatic carbocycles. The van der Waals surface area contributed by atoms with Crippen LogP contribution in [0.4, 0.5) is 0 Å². The van der Waals surface area contributed by atoms with Gasteiger partial charge in [-0.05, 0) is 12.1 Å². The Kier molecular flexibility index (Phi) is 4.40. The number of benzene rings is 1. The van der Waals surface area contributed by atoms with E-state index in [-0.39, 0.29) is 0 Å². The third-order valence-corrected chi connectivity index (χ3v) is 3.80. The summed E-state index contributed by atoms with van der Waals surface area (Å²) in [5, 5.41) is 2.03. The molecule has 0 unspecified atom stereocenters. The summed E-state index contributed by atoms with van der Waals surface area (Å²) < 4.78 is 22.3. The molecule has 0 N–H and O–H groups in total. The summed E-state index contributed by atoms with van der Waals surface area (Å²) in [7, 11) is 0. The highest BCUT2D eigenvalue weighted by Gasteiger charge is 2.08. The normalized spacial score (nSPS) is 16.5. The van der Waals surface area contributed by atoms with Gasteiger partial charge in [-0.15, -0.1) is 0 Å². The summed E-state index contributed by atoms with van der Waals surface area (Å²) in [5.41, 5.74) is 1.61. The quantitative estimate of drug-likeness (QED) is 0.592. The Hall–Kier alpha value is -2.44. The van der Waals surface area contributed by atoms with Gasteiger partial charge in [-0.1, -0.05) is 12.1 Å². The largest absolute Gasteiger partial charge is 0.475 e. The van der Waals surface area contributed by atoms with Crippen molar-refractivity contribution in [2.45, 2.75) is 0 Å². The second-order valence-electron chi connectivity index (χ2n) is 5.43. The molecular formula is C18H18N2O4. The lowest BCUT2D eigenvalue weighted by Gasteiger charge is -2.11. The number of ether oxygens (including phenoxy) is 4. The first-order valence-corrected chi connectivity index (χ1v) is 8.02. The molecule has 6 nitrogen and oxygen atoms in total. The zero-order valence-corrected chi connectivity index (χ0v) is 13.2. The average Bonchev–Trinajstić information content (AvgIpc) is 2.62. The Labute approximate surface area is 139 Å². The van der Waals surface area contributed by atoms with Crippen molar-refractivity contribution in [2.24, 2.45) is 0 Å². The summed E-state index contributed by atoms with van der Waals surface area (Å²) >= 11 is 0. The SMILES string of the molecule is c1cc2ccc3ccc4nc3c2nc1OCCOCCOCCO4. The lowest BCUT2D eigenvalue weighted by Crippen LogP contribution is -2.14. The first-order valence-electron chi connectivity index (χ1n) is 8.02. The van der Waals surface area contributed by atoms with Crippen molar-refractivity contribution in [3.8, 4) is 11.8 Å². The predicted molar refractivity (Wildman–Crippen MR) is 89.7 cm³/mol. The molecule has 4 bridgehead atoms. The van der Waals surface area contributed by atoms with Gasteiger partial charge in [0.05, 0.1) is 26.4 Å². The highest BCUT2D eigenvalue weighted by Crippen LogP contribution is 2.26. The van der Waals surface area contributed by atoms with E-state index in [0.717, 1.165) is 21.8 Å². The van der Waals surface area contributed by atoms with Crippen molar-refractivity contribution in [3.05, 3.63) is 36.4 Å². The number of fused-ring (bicyclic) bond motifs is 2. The third-order valence-electron chi connectivity index (χ3n) is 3.80. The van der Waals surface area contributed by atoms with Crippen LogP contribution in [0.1, 0.15) is 0 Å². The smallest absolute Gasteiger partial charge is 0.213 e. The molecule has 1 aliphatic heterocycles. The monoisotopic (exact) mass is 326 g/mol. The van der Waals surface area contributed by atoms with E-state index in [2.05, 4.69) is 9.97 Å². The molecule has 0 radical (unpaired) electrons. The second-order valence-corrected chi connectivity index (χ2v) is 5.43. The lowest BCUT2D eigenvalue weighted by molar-refractivity contribution is 0.0266. The summed E-state index contributed by atoms with van der Waals surface area (Å²) in [6.45, 7) is 2.96. The van der Waals surface area contributed by atoms with Crippen LogP contribution in [-0.2, 0) is 9.47 Å². The molecule has 0 saturated heterocycles. The molecular weight excluding hydrogens is 308 g/mol. The van der Waals surface area contributed by atoms with Crippen molar-refractivity contribution in [2.75, 3.05) is 39.6 Å². The number of pyridine rings is 2. The van der Waals surface area contributed by atoms with E-state index >= 15 is 0 Å². The van der Waals surface area contributed by atoms with Gasteiger partial charge in [-0.3, -0.25) is 0 Å². The van der Waals surface area contributed by atoms with Gasteiger partial charge in [0.25, 0.3) is 0 Å². The lowest BCUT2D eigenvalue weighted by atomic mass is 10.1. The fourth-order valence-electron chi connectivity index (χ4n) is 2.62. The fraction of sp³-hybridized carbons (Fsp3) is 0.333. The first-order chi connectivity index (χ1) is 11.9. The van der Waals surface area contributed by atoms with Crippen molar-refractivity contribution in [1.82, 2.24) is 9.97 Å². The standard InChI is InChI=1S/C18H18N2O4/c1-2-14-4-6-16-20-18(14)17-13(1)3-5-15(19-17)23-11-9-21-7-8-22-10-12-24-16/h1-6H,7-12H2. The van der Waals surface area contributed by atoms with E-state index in [1.165, 1.54) is 0 Å². The summed E-state index contributed by atoms with van der Waals surface area (Å²) in [6, 6.07) is 11.8. The molecule has 24 heavy (non-hydrogen) atoms. The van der Waals surface area contributed by atoms with Gasteiger partial charge in [0.1, 0.15) is 24.2 Å². The Morgan fingerprint density at radius 2 is 0.958 bits per heavy atom. The molecule has 0 atom stereocenters. The van der Waals surface area contributed by atoms with Crippen LogP contribution in [0.2, 0.25) is 0 Å². The maximum absolute atomic E-state index is 5.68. The molecule has 6 heteroatoms. The topological polar surface area (TPSA) is 62.7 Å². The van der Waals surface area contributed by atoms with Crippen molar-refractivity contribution < 1.29 is 18.9 Å². The van der Waals surface area contributed by atoms with Crippen LogP contribution >= 0.6 is 0 Å². The van der Waals surface area contributed by atoms with Gasteiger partial charge in [0.2, 0.25) is 11.8 Å². The minimum absolute atomic E-state index is 0.449. The molecule has 0 saturated carbocycles. The van der Waals surface area contributed by atoms with E-state index < -0.39 is 0 Å². The minimum Gasteiger partial charge on any atom is -0.475 e. The third kappa shape index (κ3) is 3.25. The number of hydrogen-bond donors (Lipinski definition) is 0. The molecule has 3 heterocycles. The Morgan fingerprint density at radius 3 is 1.46 bits per heavy atom. The van der Waals surface area contributed by atoms with Crippen LogP contribution in [0, 0.1) is 0 Å². The predicted octanol–water partition coefficient (Wildman–Crippen LogP) is 2.59. The number of rotatable bonds is 0. The molecule has 124 valence electrons. The molecule has 1 aliphatic rings. The van der Waals surface area contributed by atoms with E-state index in [9.17, 15) is 0 Å². The van der Waals surface area contributed by atoms with Crippen LogP contribution in [-0.4, -0.2) is 49.6 Å². The van der Waals surface area contributed by atoms with Crippen LogP contribution < -0.4 is 9.47 Å². The average molecular weight is 326 g/mol. The van der Waals surface area contributed by atoms with Gasteiger partial charge in [-0.25, -0.2) is 9.97 Å². The van der Waals surface area contributed by atoms with Crippen LogP contribution in [0.25, 0.3) is 21.8 Å². The van der Waals surface area contributed by atoms with Gasteiger partial charge in [0, 0.05) is 22.9 Å². The maximum atomic E-state index is 5.68. The van der Waals surface area contributed by atoms with Crippen molar-refractivity contribution in [3.63, 3.8) is 0 Å². The maximum Gasteiger partial charge on any atom is 0.213 e. The molecule has 1 aromatic carbocycles. The fourth-order valence-corrected chi connectivity index (χ4v) is 2.62. The molecule has 0 amide bonds. The van der Waals surface area contributed by atoms with Crippen molar-refractivity contribution in [1.29, 1.82) is 0 Å². The van der Waals surface area contributed by atoms with Crippen LogP contribution in [0.15, 0.2) is 36.4 Å². The number of nitrogens with zero attached hydrogens (tertiary/aromatic N) is 2. The Balaban J connectivity index is 1.76. The molecule has 0 spiro atoms. The summed E-state index contributed by atoms with van der Waals surface area (Å²) in [5.74, 6) is 1.13. The highest BCUT2D eigenvalue weighted by atomic mass is 16.6. The molecule has 4 rings (SSSR count). The van der Waals surface area contributed by atoms with Gasteiger partial charge < -0.3 is 18.9 Å². The van der Waals surface area contributed by atoms with Gasteiger partial charge >= 0.3 is 0 Å². The van der Waals surface area contributed by atoms with Crippen LogP contribution in [0.3, 0.4) is 0 Å². The van der Waals surface area contributed by atoms with Crippen LogP contribution in [0.5, 0.6) is 11.8 Å². The van der Waals surface area contributed by atoms with E-state index in [1.54, 1.807) is 0 Å². The zero-order valence-electron chi connectivity index (χ0n) is 13.2. The first kappa shape index (κ1) is 15.1. The Bertz CT molecular complexity index is 782. The van der Waals surface area contributed by atoms with E-state index in [4.69, 9.17) is 18.9 Å². The number of aromatic nitrogens is 2. The highest BCUT2D eigenvalue weighted by molar-refractivity contribution is 6.03. The van der Waals surface area contributed by atoms with E-state index in [0.29, 0.717) is 51.4 Å². The Morgan fingerprint density at radius 1 is 0.542 bits per heavy atom. The molecule has 2 aromatic heterocycles. The van der Waals surface area contributed by atoms with Gasteiger partial charge in [-0.2, -0.15) is 0 Å². The number of hydrogen-bond acceptors (Lipinski definition) is 6. The minimum atomic E-state index is 0.449. The molecule has 0 fully saturated rings. The summed E-state index contributed by atoms with van der Waals surface area (Å²) in [6.07, 6.45) is 0. The summed E-state index contributed by atoms with van der Waals surface area (Å²) in [4.78, 5) is 9.23. The zero-order chi connectivity index (χ0) is 16.2. The second kappa shape index (κ2) is 6.98. The molecule has 3 aromatic rings. The van der Waals surface area contributed by atoms with Gasteiger partial charge in [0.15, 0.2) is 0 Å². The van der Waals surface area contributed by atoms with Crippen molar-refractivity contribution >= 4 is 21.8 Å².